The molecule has 6 heteroatoms. The Morgan fingerprint density at radius 1 is 1.33 bits per heavy atom. The molecule has 0 heterocycles. The van der Waals surface area contributed by atoms with Crippen molar-refractivity contribution in [2.45, 2.75) is 17.9 Å². The molecule has 4 nitrogen and oxygen atoms in total. The second-order valence-electron chi connectivity index (χ2n) is 4.06. The first kappa shape index (κ1) is 15.0. The van der Waals surface area contributed by atoms with Crippen molar-refractivity contribution in [3.05, 3.63) is 29.8 Å². The van der Waals surface area contributed by atoms with Gasteiger partial charge in [0.1, 0.15) is 0 Å². The summed E-state index contributed by atoms with van der Waals surface area (Å²) in [5, 5.41) is 2.85. The highest BCUT2D eigenvalue weighted by molar-refractivity contribution is 7.99. The van der Waals surface area contributed by atoms with Gasteiger partial charge in [-0.1, -0.05) is 12.1 Å². The predicted molar refractivity (Wildman–Crippen MR) is 74.5 cm³/mol. The lowest BCUT2D eigenvalue weighted by molar-refractivity contribution is -0.119. The van der Waals surface area contributed by atoms with E-state index in [1.54, 1.807) is 24.3 Å². The summed E-state index contributed by atoms with van der Waals surface area (Å²) in [7, 11) is -3.17. The Balaban J connectivity index is 2.76. The first-order chi connectivity index (χ1) is 8.34. The molecule has 0 spiro atoms. The number of rotatable bonds is 5. The third-order valence-electron chi connectivity index (χ3n) is 2.46. The van der Waals surface area contributed by atoms with Crippen LogP contribution in [0.5, 0.6) is 0 Å². The molecule has 0 aliphatic heterocycles. The highest BCUT2D eigenvalue weighted by atomic mass is 32.2. The van der Waals surface area contributed by atoms with E-state index in [2.05, 4.69) is 5.32 Å². The summed E-state index contributed by atoms with van der Waals surface area (Å²) in [6.07, 6.45) is 3.04. The van der Waals surface area contributed by atoms with Crippen molar-refractivity contribution in [1.82, 2.24) is 5.32 Å². The number of benzene rings is 1. The monoisotopic (exact) mass is 287 g/mol. The highest BCUT2D eigenvalue weighted by Crippen LogP contribution is 2.16. The predicted octanol–water partition coefficient (Wildman–Crippen LogP) is 1.63. The summed E-state index contributed by atoms with van der Waals surface area (Å²) in [6.45, 7) is 1.87. The second kappa shape index (κ2) is 6.24. The highest BCUT2D eigenvalue weighted by Gasteiger charge is 2.11. The molecule has 100 valence electrons. The zero-order valence-corrected chi connectivity index (χ0v) is 12.3. The minimum atomic E-state index is -3.17. The molecular weight excluding hydrogens is 270 g/mol. The van der Waals surface area contributed by atoms with Gasteiger partial charge in [-0.25, -0.2) is 8.42 Å². The number of hydrogen-bond donors (Lipinski definition) is 1. The van der Waals surface area contributed by atoms with Gasteiger partial charge in [-0.3, -0.25) is 4.79 Å². The molecule has 1 rings (SSSR count). The first-order valence-electron chi connectivity index (χ1n) is 5.43. The van der Waals surface area contributed by atoms with Crippen LogP contribution >= 0.6 is 11.8 Å². The normalized spacial score (nSPS) is 13.1. The smallest absolute Gasteiger partial charge is 0.230 e. The molecule has 0 fully saturated rings. The quantitative estimate of drug-likeness (QED) is 0.894. The molecule has 1 amide bonds. The van der Waals surface area contributed by atoms with Gasteiger partial charge in [-0.15, -0.1) is 0 Å². The SMILES string of the molecule is CSCC(=O)NC(C)c1ccc(S(C)(=O)=O)cc1. The van der Waals surface area contributed by atoms with Crippen molar-refractivity contribution in [1.29, 1.82) is 0 Å². The second-order valence-corrected chi connectivity index (χ2v) is 6.95. The van der Waals surface area contributed by atoms with Gasteiger partial charge in [0, 0.05) is 6.26 Å². The maximum Gasteiger partial charge on any atom is 0.230 e. The Kier molecular flexibility index (Phi) is 5.22. The fourth-order valence-electron chi connectivity index (χ4n) is 1.50. The average molecular weight is 287 g/mol. The van der Waals surface area contributed by atoms with Crippen molar-refractivity contribution in [2.24, 2.45) is 0 Å². The maximum absolute atomic E-state index is 11.4. The number of amides is 1. The van der Waals surface area contributed by atoms with Gasteiger partial charge < -0.3 is 5.32 Å². The molecule has 1 N–H and O–H groups in total. The number of sulfone groups is 1. The molecule has 1 aromatic carbocycles. The molecule has 0 bridgehead atoms. The molecular formula is C12H17NO3S2. The standard InChI is InChI=1S/C12H17NO3S2/c1-9(13-12(14)8-17-2)10-4-6-11(7-5-10)18(3,15)16/h4-7,9H,8H2,1-3H3,(H,13,14). The van der Waals surface area contributed by atoms with Gasteiger partial charge in [-0.2, -0.15) is 11.8 Å². The Labute approximate surface area is 112 Å². The summed E-state index contributed by atoms with van der Waals surface area (Å²) >= 11 is 1.46. The van der Waals surface area contributed by atoms with E-state index in [9.17, 15) is 13.2 Å². The van der Waals surface area contributed by atoms with E-state index in [0.717, 1.165) is 5.56 Å². The van der Waals surface area contributed by atoms with Gasteiger partial charge in [0.2, 0.25) is 5.91 Å². The van der Waals surface area contributed by atoms with Crippen LogP contribution < -0.4 is 5.32 Å². The van der Waals surface area contributed by atoms with Crippen LogP contribution in [0, 0.1) is 0 Å². The summed E-state index contributed by atoms with van der Waals surface area (Å²) in [4.78, 5) is 11.7. The van der Waals surface area contributed by atoms with Crippen LogP contribution in [0.15, 0.2) is 29.2 Å². The summed E-state index contributed by atoms with van der Waals surface area (Å²) in [5.41, 5.74) is 0.886. The van der Waals surface area contributed by atoms with Gasteiger partial charge in [0.15, 0.2) is 9.84 Å². The Bertz CT molecular complexity index is 509. The number of carbonyl (C=O) groups is 1. The molecule has 0 saturated heterocycles. The third kappa shape index (κ3) is 4.34. The maximum atomic E-state index is 11.4. The topological polar surface area (TPSA) is 63.2 Å². The Morgan fingerprint density at radius 3 is 2.33 bits per heavy atom. The lowest BCUT2D eigenvalue weighted by Gasteiger charge is -2.14. The number of hydrogen-bond acceptors (Lipinski definition) is 4. The van der Waals surface area contributed by atoms with Crippen molar-refractivity contribution in [3.8, 4) is 0 Å². The fourth-order valence-corrected chi connectivity index (χ4v) is 2.48. The minimum Gasteiger partial charge on any atom is -0.349 e. The number of carbonyl (C=O) groups excluding carboxylic acids is 1. The summed E-state index contributed by atoms with van der Waals surface area (Å²) < 4.78 is 22.6. The third-order valence-corrected chi connectivity index (χ3v) is 4.14. The molecule has 0 aliphatic rings. The zero-order valence-electron chi connectivity index (χ0n) is 10.6. The van der Waals surface area contributed by atoms with Crippen molar-refractivity contribution in [3.63, 3.8) is 0 Å². The molecule has 0 aliphatic carbocycles. The van der Waals surface area contributed by atoms with Crippen LogP contribution in [0.1, 0.15) is 18.5 Å². The number of nitrogens with one attached hydrogen (secondary N) is 1. The fraction of sp³-hybridized carbons (Fsp3) is 0.417. The molecule has 0 radical (unpaired) electrons. The molecule has 1 unspecified atom stereocenters. The van der Waals surface area contributed by atoms with Crippen LogP contribution in [-0.4, -0.2) is 32.6 Å². The Morgan fingerprint density at radius 2 is 1.89 bits per heavy atom. The van der Waals surface area contributed by atoms with Gasteiger partial charge in [-0.05, 0) is 30.9 Å². The van der Waals surface area contributed by atoms with Gasteiger partial charge >= 0.3 is 0 Å². The summed E-state index contributed by atoms with van der Waals surface area (Å²) in [6, 6.07) is 6.43. The van der Waals surface area contributed by atoms with E-state index < -0.39 is 9.84 Å². The minimum absolute atomic E-state index is 0.0258. The van der Waals surface area contributed by atoms with Crippen molar-refractivity contribution < 1.29 is 13.2 Å². The molecule has 18 heavy (non-hydrogen) atoms. The van der Waals surface area contributed by atoms with E-state index in [1.807, 2.05) is 13.2 Å². The largest absolute Gasteiger partial charge is 0.349 e. The van der Waals surface area contributed by atoms with Gasteiger partial charge in [0.05, 0.1) is 16.7 Å². The zero-order chi connectivity index (χ0) is 13.8. The summed E-state index contributed by atoms with van der Waals surface area (Å²) in [5.74, 6) is 0.397. The lowest BCUT2D eigenvalue weighted by Crippen LogP contribution is -2.28. The molecule has 0 saturated carbocycles. The van der Waals surface area contributed by atoms with Crippen LogP contribution in [0.3, 0.4) is 0 Å². The first-order valence-corrected chi connectivity index (χ1v) is 8.71. The van der Waals surface area contributed by atoms with Crippen LogP contribution in [0.4, 0.5) is 0 Å². The number of thioether (sulfide) groups is 1. The molecule has 1 atom stereocenters. The van der Waals surface area contributed by atoms with Crippen molar-refractivity contribution in [2.75, 3.05) is 18.3 Å². The lowest BCUT2D eigenvalue weighted by atomic mass is 10.1. The average Bonchev–Trinajstić information content (AvgIpc) is 2.28. The van der Waals surface area contributed by atoms with Crippen molar-refractivity contribution >= 4 is 27.5 Å². The molecule has 1 aromatic rings. The van der Waals surface area contributed by atoms with E-state index in [0.29, 0.717) is 5.75 Å². The van der Waals surface area contributed by atoms with Crippen LogP contribution in [0.2, 0.25) is 0 Å². The van der Waals surface area contributed by atoms with E-state index in [4.69, 9.17) is 0 Å². The van der Waals surface area contributed by atoms with Crippen LogP contribution in [-0.2, 0) is 14.6 Å². The van der Waals surface area contributed by atoms with Crippen LogP contribution in [0.25, 0.3) is 0 Å². The Hall–Kier alpha value is -1.01. The van der Waals surface area contributed by atoms with E-state index in [1.165, 1.54) is 18.0 Å². The molecule has 0 aromatic heterocycles. The van der Waals surface area contributed by atoms with Gasteiger partial charge in [0.25, 0.3) is 0 Å². The van der Waals surface area contributed by atoms with E-state index in [-0.39, 0.29) is 16.8 Å². The van der Waals surface area contributed by atoms with E-state index >= 15 is 0 Å².